The molecule has 0 aliphatic heterocycles. The summed E-state index contributed by atoms with van der Waals surface area (Å²) in [7, 11) is -2.84. The molecule has 4 heteroatoms. The SMILES string of the molecule is CC(c1ccccc1)P(=O)(NNC(C)(C)C)c1ccccc1. The molecule has 2 aromatic carbocycles. The second kappa shape index (κ2) is 6.78. The van der Waals surface area contributed by atoms with Crippen molar-refractivity contribution in [1.82, 2.24) is 10.6 Å². The second-order valence-corrected chi connectivity index (χ2v) is 9.40. The Kier molecular flexibility index (Phi) is 5.23. The van der Waals surface area contributed by atoms with Crippen LogP contribution in [0.15, 0.2) is 60.7 Å². The van der Waals surface area contributed by atoms with E-state index in [1.807, 2.05) is 88.4 Å². The van der Waals surface area contributed by atoms with Crippen molar-refractivity contribution in [2.45, 2.75) is 38.9 Å². The average Bonchev–Trinajstić information content (AvgIpc) is 2.53. The smallest absolute Gasteiger partial charge is 0.195 e. The van der Waals surface area contributed by atoms with Crippen molar-refractivity contribution in [1.29, 1.82) is 0 Å². The molecule has 3 nitrogen and oxygen atoms in total. The molecule has 0 saturated heterocycles. The number of benzene rings is 2. The summed E-state index contributed by atoms with van der Waals surface area (Å²) in [5, 5.41) is 3.99. The van der Waals surface area contributed by atoms with Gasteiger partial charge in [0.25, 0.3) is 0 Å². The predicted molar refractivity (Wildman–Crippen MR) is 94.6 cm³/mol. The summed E-state index contributed by atoms with van der Waals surface area (Å²) < 4.78 is 13.8. The zero-order valence-electron chi connectivity index (χ0n) is 13.7. The molecule has 118 valence electrons. The Morgan fingerprint density at radius 1 is 0.909 bits per heavy atom. The van der Waals surface area contributed by atoms with Crippen molar-refractivity contribution >= 4 is 12.6 Å². The Labute approximate surface area is 133 Å². The van der Waals surface area contributed by atoms with E-state index >= 15 is 0 Å². The number of hydrogen-bond donors (Lipinski definition) is 2. The maximum Gasteiger partial charge on any atom is 0.195 e. The number of nitrogens with one attached hydrogen (secondary N) is 2. The fraction of sp³-hybridized carbons (Fsp3) is 0.333. The van der Waals surface area contributed by atoms with E-state index in [9.17, 15) is 4.57 Å². The Morgan fingerprint density at radius 2 is 1.41 bits per heavy atom. The fourth-order valence-electron chi connectivity index (χ4n) is 2.23. The molecule has 0 radical (unpaired) electrons. The zero-order valence-corrected chi connectivity index (χ0v) is 14.6. The van der Waals surface area contributed by atoms with E-state index in [1.54, 1.807) is 0 Å². The van der Waals surface area contributed by atoms with Gasteiger partial charge in [-0.25, -0.2) is 5.43 Å². The van der Waals surface area contributed by atoms with E-state index in [1.165, 1.54) is 0 Å². The van der Waals surface area contributed by atoms with Crippen LogP contribution in [-0.2, 0) is 4.57 Å². The van der Waals surface area contributed by atoms with Gasteiger partial charge in [0.05, 0.1) is 5.66 Å². The van der Waals surface area contributed by atoms with Crippen molar-refractivity contribution < 1.29 is 4.57 Å². The molecule has 2 N–H and O–H groups in total. The number of hydrazine groups is 1. The van der Waals surface area contributed by atoms with Gasteiger partial charge in [-0.05, 0) is 33.3 Å². The third kappa shape index (κ3) is 4.07. The summed E-state index contributed by atoms with van der Waals surface area (Å²) in [5.74, 6) is 0. The topological polar surface area (TPSA) is 41.1 Å². The van der Waals surface area contributed by atoms with Crippen molar-refractivity contribution in [3.8, 4) is 0 Å². The lowest BCUT2D eigenvalue weighted by Gasteiger charge is -2.31. The third-order valence-electron chi connectivity index (χ3n) is 3.56. The Bertz CT molecular complexity index is 635. The van der Waals surface area contributed by atoms with Crippen molar-refractivity contribution in [2.75, 3.05) is 0 Å². The molecule has 2 atom stereocenters. The summed E-state index contributed by atoms with van der Waals surface area (Å²) >= 11 is 0. The molecule has 0 aromatic heterocycles. The Morgan fingerprint density at radius 3 is 1.91 bits per heavy atom. The first kappa shape index (κ1) is 17.0. The van der Waals surface area contributed by atoms with Crippen molar-refractivity contribution in [3.05, 3.63) is 66.2 Å². The van der Waals surface area contributed by atoms with Gasteiger partial charge >= 0.3 is 0 Å². The molecule has 22 heavy (non-hydrogen) atoms. The van der Waals surface area contributed by atoms with Gasteiger partial charge in [-0.15, -0.1) is 0 Å². The molecule has 0 heterocycles. The summed E-state index contributed by atoms with van der Waals surface area (Å²) in [6.07, 6.45) is 0. The van der Waals surface area contributed by atoms with Crippen LogP contribution in [0.5, 0.6) is 0 Å². The highest BCUT2D eigenvalue weighted by Gasteiger charge is 2.33. The number of rotatable bonds is 5. The van der Waals surface area contributed by atoms with E-state index in [-0.39, 0.29) is 11.2 Å². The minimum absolute atomic E-state index is 0.119. The summed E-state index contributed by atoms with van der Waals surface area (Å²) in [5.41, 5.74) is 3.98. The first-order valence-electron chi connectivity index (χ1n) is 7.58. The highest BCUT2D eigenvalue weighted by Crippen LogP contribution is 2.53. The van der Waals surface area contributed by atoms with Gasteiger partial charge in [0.1, 0.15) is 0 Å². The molecule has 0 spiro atoms. The van der Waals surface area contributed by atoms with E-state index in [0.717, 1.165) is 10.9 Å². The normalized spacial score (nSPS) is 16.0. The maximum atomic E-state index is 13.8. The minimum Gasteiger partial charge on any atom is -0.300 e. The largest absolute Gasteiger partial charge is 0.300 e. The predicted octanol–water partition coefficient (Wildman–Crippen LogP) is 4.24. The first-order chi connectivity index (χ1) is 10.3. The van der Waals surface area contributed by atoms with Crippen LogP contribution in [0.1, 0.15) is 38.9 Å². The quantitative estimate of drug-likeness (QED) is 0.640. The minimum atomic E-state index is -2.84. The Balaban J connectivity index is 2.40. The average molecular weight is 316 g/mol. The van der Waals surface area contributed by atoms with E-state index in [2.05, 4.69) is 10.6 Å². The molecule has 0 aliphatic carbocycles. The standard InChI is InChI=1S/C18H25N2OP/c1-15(16-11-7-5-8-12-16)22(21,20-19-18(2,3)4)17-13-9-6-10-14-17/h5-15,19H,1-4H3,(H,20,21). The summed E-state index contributed by atoms with van der Waals surface area (Å²) in [6.45, 7) is 8.15. The van der Waals surface area contributed by atoms with Gasteiger partial charge in [0.2, 0.25) is 0 Å². The van der Waals surface area contributed by atoms with Crippen LogP contribution in [-0.4, -0.2) is 5.54 Å². The lowest BCUT2D eigenvalue weighted by Crippen LogP contribution is -2.46. The Hall–Kier alpha value is -1.41. The monoisotopic (exact) mass is 316 g/mol. The lowest BCUT2D eigenvalue weighted by atomic mass is 10.1. The maximum absolute atomic E-state index is 13.8. The first-order valence-corrected chi connectivity index (χ1v) is 9.35. The highest BCUT2D eigenvalue weighted by molar-refractivity contribution is 7.69. The van der Waals surface area contributed by atoms with Gasteiger partial charge < -0.3 is 0 Å². The van der Waals surface area contributed by atoms with E-state index in [4.69, 9.17) is 0 Å². The molecule has 0 saturated carbocycles. The van der Waals surface area contributed by atoms with Crippen LogP contribution < -0.4 is 15.9 Å². The van der Waals surface area contributed by atoms with Gasteiger partial charge in [0, 0.05) is 10.8 Å². The third-order valence-corrected chi connectivity index (χ3v) is 6.46. The zero-order chi connectivity index (χ0) is 16.2. The van der Waals surface area contributed by atoms with Crippen LogP contribution in [0.25, 0.3) is 0 Å². The molecule has 0 bridgehead atoms. The summed E-state index contributed by atoms with van der Waals surface area (Å²) in [6, 6.07) is 19.7. The van der Waals surface area contributed by atoms with Crippen molar-refractivity contribution in [2.24, 2.45) is 0 Å². The molecular weight excluding hydrogens is 291 g/mol. The van der Waals surface area contributed by atoms with E-state index < -0.39 is 7.29 Å². The molecule has 0 fully saturated rings. The molecular formula is C18H25N2OP. The van der Waals surface area contributed by atoms with Gasteiger partial charge in [-0.3, -0.25) is 4.57 Å². The van der Waals surface area contributed by atoms with Crippen LogP contribution >= 0.6 is 7.29 Å². The molecule has 0 aliphatic rings. The molecule has 2 aromatic rings. The highest BCUT2D eigenvalue weighted by atomic mass is 31.2. The van der Waals surface area contributed by atoms with E-state index in [0.29, 0.717) is 0 Å². The molecule has 2 unspecified atom stereocenters. The lowest BCUT2D eigenvalue weighted by molar-refractivity contribution is 0.402. The van der Waals surface area contributed by atoms with Crippen LogP contribution in [0.4, 0.5) is 0 Å². The van der Waals surface area contributed by atoms with Gasteiger partial charge in [-0.1, -0.05) is 60.7 Å². The fourth-order valence-corrected chi connectivity index (χ4v) is 4.71. The second-order valence-electron chi connectivity index (χ2n) is 6.57. The van der Waals surface area contributed by atoms with Gasteiger partial charge in [0.15, 0.2) is 7.29 Å². The van der Waals surface area contributed by atoms with Crippen LogP contribution in [0, 0.1) is 0 Å². The van der Waals surface area contributed by atoms with Gasteiger partial charge in [-0.2, -0.15) is 5.20 Å². The number of hydrogen-bond acceptors (Lipinski definition) is 2. The summed E-state index contributed by atoms with van der Waals surface area (Å²) in [4.78, 5) is 0. The van der Waals surface area contributed by atoms with Crippen molar-refractivity contribution in [3.63, 3.8) is 0 Å². The van der Waals surface area contributed by atoms with Crippen LogP contribution in [0.2, 0.25) is 0 Å². The van der Waals surface area contributed by atoms with Crippen LogP contribution in [0.3, 0.4) is 0 Å². The molecule has 0 amide bonds. The molecule has 2 rings (SSSR count).